The maximum Gasteiger partial charge on any atom is 0.379 e. The van der Waals surface area contributed by atoms with Crippen LogP contribution in [-0.4, -0.2) is 46.1 Å². The van der Waals surface area contributed by atoms with Gasteiger partial charge in [-0.25, -0.2) is 14.0 Å². The van der Waals surface area contributed by atoms with Crippen LogP contribution in [0.5, 0.6) is 5.75 Å². The lowest BCUT2D eigenvalue weighted by atomic mass is 9.92. The number of carbonyl (C=O) groups is 2. The van der Waals surface area contributed by atoms with Crippen molar-refractivity contribution in [3.63, 3.8) is 0 Å². The number of allylic oxidation sites excluding steroid dienone is 2. The van der Waals surface area contributed by atoms with E-state index in [1.165, 1.54) is 0 Å². The van der Waals surface area contributed by atoms with Gasteiger partial charge in [-0.15, -0.1) is 0 Å². The minimum atomic E-state index is -6.02. The predicted octanol–water partition coefficient (Wildman–Crippen LogP) is 3.60. The number of hydrogen-bond acceptors (Lipinski definition) is 3. The quantitative estimate of drug-likeness (QED) is 0.771. The highest BCUT2D eigenvalue weighted by atomic mass is 19.3. The third-order valence-corrected chi connectivity index (χ3v) is 3.42. The minimum absolute atomic E-state index is 0.433. The highest BCUT2D eigenvalue weighted by Crippen LogP contribution is 2.53. The summed E-state index contributed by atoms with van der Waals surface area (Å²) in [5, 5.41) is 17.7. The number of aromatic carboxylic acids is 2. The fraction of sp³-hybridized carbons (Fsp3) is 0.286. The third kappa shape index (κ3) is 2.84. The highest BCUT2D eigenvalue weighted by molar-refractivity contribution is 6.02. The Morgan fingerprint density at radius 1 is 0.962 bits per heavy atom. The molecule has 1 atom stereocenters. The second-order valence-electron chi connectivity index (χ2n) is 5.15. The van der Waals surface area contributed by atoms with Crippen LogP contribution in [0.15, 0.2) is 30.0 Å². The first-order valence-corrected chi connectivity index (χ1v) is 6.51. The van der Waals surface area contributed by atoms with Gasteiger partial charge in [0.05, 0.1) is 11.1 Å². The first kappa shape index (κ1) is 19.5. The van der Waals surface area contributed by atoms with E-state index in [0.29, 0.717) is 18.2 Å². The maximum absolute atomic E-state index is 13.7. The molecule has 1 aromatic carbocycles. The van der Waals surface area contributed by atoms with Gasteiger partial charge in [0.2, 0.25) is 6.17 Å². The van der Waals surface area contributed by atoms with Gasteiger partial charge < -0.3 is 14.9 Å². The van der Waals surface area contributed by atoms with Crippen molar-refractivity contribution in [1.29, 1.82) is 0 Å². The third-order valence-electron chi connectivity index (χ3n) is 3.42. The summed E-state index contributed by atoms with van der Waals surface area (Å²) in [6.45, 7) is 0. The molecule has 0 saturated heterocycles. The largest absolute Gasteiger partial charge is 0.478 e. The monoisotopic (exact) mass is 388 g/mol. The molecule has 0 spiro atoms. The molecule has 1 aliphatic rings. The Bertz CT molecular complexity index is 803. The molecule has 1 unspecified atom stereocenters. The lowest BCUT2D eigenvalue weighted by Crippen LogP contribution is -2.61. The molecule has 0 aliphatic heterocycles. The molecule has 0 amide bonds. The molecule has 2 N–H and O–H groups in total. The van der Waals surface area contributed by atoms with Gasteiger partial charge in [0, 0.05) is 6.08 Å². The Kier molecular flexibility index (Phi) is 4.42. The van der Waals surface area contributed by atoms with Crippen molar-refractivity contribution in [3.05, 3.63) is 41.2 Å². The van der Waals surface area contributed by atoms with Gasteiger partial charge >= 0.3 is 29.7 Å². The maximum atomic E-state index is 13.7. The van der Waals surface area contributed by atoms with Crippen LogP contribution < -0.4 is 4.74 Å². The lowest BCUT2D eigenvalue weighted by molar-refractivity contribution is -0.316. The van der Waals surface area contributed by atoms with E-state index in [0.717, 1.165) is 0 Å². The molecule has 0 heterocycles. The van der Waals surface area contributed by atoms with Gasteiger partial charge in [-0.2, -0.15) is 26.3 Å². The van der Waals surface area contributed by atoms with Gasteiger partial charge in [-0.3, -0.25) is 0 Å². The number of hydrogen-bond donors (Lipinski definition) is 2. The molecule has 1 aromatic rings. The van der Waals surface area contributed by atoms with Crippen molar-refractivity contribution in [3.8, 4) is 5.75 Å². The zero-order valence-electron chi connectivity index (χ0n) is 12.2. The zero-order valence-corrected chi connectivity index (χ0v) is 12.2. The van der Waals surface area contributed by atoms with Crippen LogP contribution >= 0.6 is 0 Å². The average molecular weight is 388 g/mol. The van der Waals surface area contributed by atoms with E-state index in [1.807, 2.05) is 0 Å². The molecule has 0 radical (unpaired) electrons. The Morgan fingerprint density at radius 3 is 2.00 bits per heavy atom. The second-order valence-corrected chi connectivity index (χ2v) is 5.15. The summed E-state index contributed by atoms with van der Waals surface area (Å²) >= 11 is 0. The molecule has 0 saturated carbocycles. The summed E-state index contributed by atoms with van der Waals surface area (Å²) in [6, 6.07) is 1.72. The van der Waals surface area contributed by atoms with Gasteiger partial charge in [0.25, 0.3) is 0 Å². The van der Waals surface area contributed by atoms with Gasteiger partial charge in [-0.05, 0) is 18.2 Å². The van der Waals surface area contributed by atoms with E-state index in [4.69, 9.17) is 10.2 Å². The zero-order chi connectivity index (χ0) is 20.1. The van der Waals surface area contributed by atoms with Gasteiger partial charge in [0.1, 0.15) is 11.5 Å². The minimum Gasteiger partial charge on any atom is -0.478 e. The molecule has 0 fully saturated rings. The molecule has 0 aromatic heterocycles. The first-order chi connectivity index (χ1) is 11.7. The summed E-state index contributed by atoms with van der Waals surface area (Å²) in [5.41, 5.74) is -1.69. The predicted molar refractivity (Wildman–Crippen MR) is 68.8 cm³/mol. The van der Waals surface area contributed by atoms with Crippen LogP contribution in [-0.2, 0) is 0 Å². The van der Waals surface area contributed by atoms with Crippen LogP contribution in [0, 0.1) is 0 Å². The van der Waals surface area contributed by atoms with E-state index in [2.05, 4.69) is 4.74 Å². The standard InChI is InChI=1S/C14H7F7O5/c15-9-8(4-12(16,17)14(20,21)13(9,18)19)26-5-1-2-6(10(22)23)7(3-5)11(24)25/h1-4,9H,(H,22,23)(H,24,25). The Balaban J connectivity index is 2.48. The molecule has 1 aliphatic carbocycles. The summed E-state index contributed by atoms with van der Waals surface area (Å²) in [7, 11) is 0. The number of rotatable bonds is 4. The number of benzene rings is 1. The number of ether oxygens (including phenoxy) is 1. The number of carboxylic acids is 2. The van der Waals surface area contributed by atoms with Gasteiger partial charge in [-0.1, -0.05) is 0 Å². The average Bonchev–Trinajstić information content (AvgIpc) is 2.51. The van der Waals surface area contributed by atoms with E-state index < -0.39 is 64.6 Å². The number of carboxylic acid groups (broad SMARTS) is 2. The van der Waals surface area contributed by atoms with Crippen molar-refractivity contribution in [1.82, 2.24) is 0 Å². The first-order valence-electron chi connectivity index (χ1n) is 6.51. The van der Waals surface area contributed by atoms with E-state index in [9.17, 15) is 40.3 Å². The Labute approximate surface area is 139 Å². The summed E-state index contributed by atoms with van der Waals surface area (Å²) < 4.78 is 97.3. The fourth-order valence-electron chi connectivity index (χ4n) is 2.07. The number of alkyl halides is 7. The van der Waals surface area contributed by atoms with E-state index >= 15 is 0 Å². The van der Waals surface area contributed by atoms with Crippen molar-refractivity contribution in [2.75, 3.05) is 0 Å². The molecule has 2 rings (SSSR count). The Morgan fingerprint density at radius 2 is 1.50 bits per heavy atom. The van der Waals surface area contributed by atoms with Crippen molar-refractivity contribution in [2.24, 2.45) is 0 Å². The molecule has 26 heavy (non-hydrogen) atoms. The SMILES string of the molecule is O=C(O)c1ccc(OC2=CC(F)(F)C(F)(F)C(F)(F)C2F)cc1C(=O)O. The summed E-state index contributed by atoms with van der Waals surface area (Å²) in [6.07, 6.45) is -4.79. The molecule has 142 valence electrons. The second kappa shape index (κ2) is 5.88. The smallest absolute Gasteiger partial charge is 0.379 e. The van der Waals surface area contributed by atoms with Crippen LogP contribution in [0.25, 0.3) is 0 Å². The number of halogens is 7. The normalized spacial score (nSPS) is 23.0. The summed E-state index contributed by atoms with van der Waals surface area (Å²) in [5.74, 6) is -23.5. The van der Waals surface area contributed by atoms with Crippen LogP contribution in [0.4, 0.5) is 30.7 Å². The topological polar surface area (TPSA) is 83.8 Å². The van der Waals surface area contributed by atoms with Crippen LogP contribution in [0.2, 0.25) is 0 Å². The van der Waals surface area contributed by atoms with Crippen molar-refractivity contribution >= 4 is 11.9 Å². The Hall–Kier alpha value is -2.79. The molecule has 0 bridgehead atoms. The van der Waals surface area contributed by atoms with Crippen LogP contribution in [0.3, 0.4) is 0 Å². The highest BCUT2D eigenvalue weighted by Gasteiger charge is 2.77. The lowest BCUT2D eigenvalue weighted by Gasteiger charge is -2.37. The molecule has 5 nitrogen and oxygen atoms in total. The molecular weight excluding hydrogens is 381 g/mol. The van der Waals surface area contributed by atoms with E-state index in [-0.39, 0.29) is 0 Å². The van der Waals surface area contributed by atoms with Crippen LogP contribution in [0.1, 0.15) is 20.7 Å². The van der Waals surface area contributed by atoms with Crippen molar-refractivity contribution in [2.45, 2.75) is 23.9 Å². The fourth-order valence-corrected chi connectivity index (χ4v) is 2.07. The molecular formula is C14H7F7O5. The molecule has 12 heteroatoms. The summed E-state index contributed by atoms with van der Waals surface area (Å²) in [4.78, 5) is 21.8. The van der Waals surface area contributed by atoms with Gasteiger partial charge in [0.15, 0.2) is 0 Å². The van der Waals surface area contributed by atoms with E-state index in [1.54, 1.807) is 0 Å². The van der Waals surface area contributed by atoms with Crippen molar-refractivity contribution < 1.29 is 55.3 Å².